The summed E-state index contributed by atoms with van der Waals surface area (Å²) in [5.74, 6) is 1.57. The lowest BCUT2D eigenvalue weighted by Gasteiger charge is -2.19. The fourth-order valence-electron chi connectivity index (χ4n) is 1.73. The molecule has 0 aliphatic heterocycles. The first-order chi connectivity index (χ1) is 8.29. The van der Waals surface area contributed by atoms with Gasteiger partial charge in [0.25, 0.3) is 0 Å². The molecular formula is C13H17N3O. The van der Waals surface area contributed by atoms with Gasteiger partial charge in [0.05, 0.1) is 12.8 Å². The van der Waals surface area contributed by atoms with E-state index >= 15 is 0 Å². The molecule has 0 unspecified atom stereocenters. The third-order valence-electron chi connectivity index (χ3n) is 2.73. The van der Waals surface area contributed by atoms with Gasteiger partial charge < -0.3 is 10.2 Å². The van der Waals surface area contributed by atoms with Gasteiger partial charge in [-0.15, -0.1) is 0 Å². The number of nitrogen functional groups attached to an aromatic ring is 1. The van der Waals surface area contributed by atoms with E-state index in [1.54, 1.807) is 12.5 Å². The standard InChI is InChI=1S/C13H17N3O/c1-2-16(10-12-6-4-8-17-12)9-11-5-3-7-15-13(11)14/h3-8H,2,9-10H2,1H3,(H2,14,15). The Morgan fingerprint density at radius 1 is 1.29 bits per heavy atom. The predicted octanol–water partition coefficient (Wildman–Crippen LogP) is 2.28. The minimum Gasteiger partial charge on any atom is -0.468 e. The fourth-order valence-corrected chi connectivity index (χ4v) is 1.73. The second-order valence-electron chi connectivity index (χ2n) is 3.93. The van der Waals surface area contributed by atoms with Gasteiger partial charge in [-0.1, -0.05) is 13.0 Å². The summed E-state index contributed by atoms with van der Waals surface area (Å²) in [5, 5.41) is 0. The summed E-state index contributed by atoms with van der Waals surface area (Å²) in [6.07, 6.45) is 3.41. The molecule has 0 atom stereocenters. The number of pyridine rings is 1. The van der Waals surface area contributed by atoms with Crippen LogP contribution in [0.3, 0.4) is 0 Å². The number of anilines is 1. The number of hydrogen-bond acceptors (Lipinski definition) is 4. The molecule has 2 aromatic rings. The number of nitrogens with zero attached hydrogens (tertiary/aromatic N) is 2. The van der Waals surface area contributed by atoms with Gasteiger partial charge in [0, 0.05) is 18.3 Å². The Labute approximate surface area is 101 Å². The van der Waals surface area contributed by atoms with Crippen LogP contribution in [0.1, 0.15) is 18.2 Å². The molecule has 90 valence electrons. The van der Waals surface area contributed by atoms with Gasteiger partial charge in [0.1, 0.15) is 11.6 Å². The van der Waals surface area contributed by atoms with E-state index in [1.165, 1.54) is 0 Å². The van der Waals surface area contributed by atoms with Crippen molar-refractivity contribution in [2.75, 3.05) is 12.3 Å². The van der Waals surface area contributed by atoms with Gasteiger partial charge >= 0.3 is 0 Å². The number of furan rings is 1. The van der Waals surface area contributed by atoms with E-state index in [0.29, 0.717) is 5.82 Å². The van der Waals surface area contributed by atoms with Crippen molar-refractivity contribution in [1.29, 1.82) is 0 Å². The molecule has 0 fully saturated rings. The highest BCUT2D eigenvalue weighted by Crippen LogP contribution is 2.13. The SMILES string of the molecule is CCN(Cc1ccco1)Cc1cccnc1N. The lowest BCUT2D eigenvalue weighted by molar-refractivity contribution is 0.248. The average Bonchev–Trinajstić information content (AvgIpc) is 2.84. The quantitative estimate of drug-likeness (QED) is 0.857. The molecule has 2 N–H and O–H groups in total. The zero-order valence-electron chi connectivity index (χ0n) is 9.97. The van der Waals surface area contributed by atoms with E-state index in [2.05, 4.69) is 16.8 Å². The van der Waals surface area contributed by atoms with Crippen molar-refractivity contribution in [1.82, 2.24) is 9.88 Å². The zero-order chi connectivity index (χ0) is 12.1. The first-order valence-corrected chi connectivity index (χ1v) is 5.73. The molecule has 0 aliphatic carbocycles. The van der Waals surface area contributed by atoms with Gasteiger partial charge in [-0.3, -0.25) is 4.90 Å². The van der Waals surface area contributed by atoms with Crippen LogP contribution in [0.15, 0.2) is 41.1 Å². The number of rotatable bonds is 5. The van der Waals surface area contributed by atoms with E-state index < -0.39 is 0 Å². The molecule has 4 heteroatoms. The smallest absolute Gasteiger partial charge is 0.127 e. The van der Waals surface area contributed by atoms with E-state index in [4.69, 9.17) is 10.2 Å². The minimum absolute atomic E-state index is 0.602. The van der Waals surface area contributed by atoms with Gasteiger partial charge in [0.2, 0.25) is 0 Å². The highest BCUT2D eigenvalue weighted by molar-refractivity contribution is 5.38. The summed E-state index contributed by atoms with van der Waals surface area (Å²) in [5.41, 5.74) is 6.89. The molecule has 0 amide bonds. The van der Waals surface area contributed by atoms with Crippen molar-refractivity contribution in [3.63, 3.8) is 0 Å². The van der Waals surface area contributed by atoms with Crippen LogP contribution >= 0.6 is 0 Å². The first-order valence-electron chi connectivity index (χ1n) is 5.73. The maximum absolute atomic E-state index is 5.84. The molecule has 2 heterocycles. The molecular weight excluding hydrogens is 214 g/mol. The van der Waals surface area contributed by atoms with Crippen LogP contribution in [0.4, 0.5) is 5.82 Å². The van der Waals surface area contributed by atoms with Gasteiger partial charge in [0.15, 0.2) is 0 Å². The third kappa shape index (κ3) is 3.07. The molecule has 0 aliphatic rings. The van der Waals surface area contributed by atoms with Crippen LogP contribution in [0.25, 0.3) is 0 Å². The average molecular weight is 231 g/mol. The van der Waals surface area contributed by atoms with Crippen LogP contribution in [0.5, 0.6) is 0 Å². The second-order valence-corrected chi connectivity index (χ2v) is 3.93. The molecule has 2 aromatic heterocycles. The Kier molecular flexibility index (Phi) is 3.77. The molecule has 0 saturated carbocycles. The summed E-state index contributed by atoms with van der Waals surface area (Å²) < 4.78 is 5.35. The van der Waals surface area contributed by atoms with Crippen molar-refractivity contribution < 1.29 is 4.42 Å². The molecule has 0 spiro atoms. The molecule has 4 nitrogen and oxygen atoms in total. The van der Waals surface area contributed by atoms with Crippen LogP contribution in [-0.2, 0) is 13.1 Å². The summed E-state index contributed by atoms with van der Waals surface area (Å²) in [6, 6.07) is 7.80. The van der Waals surface area contributed by atoms with Crippen LogP contribution in [-0.4, -0.2) is 16.4 Å². The number of hydrogen-bond donors (Lipinski definition) is 1. The maximum Gasteiger partial charge on any atom is 0.127 e. The lowest BCUT2D eigenvalue weighted by atomic mass is 10.2. The van der Waals surface area contributed by atoms with Crippen molar-refractivity contribution in [2.45, 2.75) is 20.0 Å². The van der Waals surface area contributed by atoms with Crippen molar-refractivity contribution in [3.8, 4) is 0 Å². The Hall–Kier alpha value is -1.81. The molecule has 17 heavy (non-hydrogen) atoms. The summed E-state index contributed by atoms with van der Waals surface area (Å²) in [6.45, 7) is 4.64. The van der Waals surface area contributed by atoms with Crippen molar-refractivity contribution in [3.05, 3.63) is 48.0 Å². The largest absolute Gasteiger partial charge is 0.468 e. The summed E-state index contributed by atoms with van der Waals surface area (Å²) >= 11 is 0. The molecule has 0 bridgehead atoms. The second kappa shape index (κ2) is 5.50. The monoisotopic (exact) mass is 231 g/mol. The topological polar surface area (TPSA) is 55.3 Å². The Morgan fingerprint density at radius 2 is 2.18 bits per heavy atom. The fraction of sp³-hybridized carbons (Fsp3) is 0.308. The van der Waals surface area contributed by atoms with Gasteiger partial charge in [-0.05, 0) is 24.7 Å². The Balaban J connectivity index is 2.03. The van der Waals surface area contributed by atoms with Gasteiger partial charge in [-0.25, -0.2) is 4.98 Å². The zero-order valence-corrected chi connectivity index (χ0v) is 9.97. The van der Waals surface area contributed by atoms with E-state index in [1.807, 2.05) is 24.3 Å². The summed E-state index contributed by atoms with van der Waals surface area (Å²) in [7, 11) is 0. The van der Waals surface area contributed by atoms with Crippen molar-refractivity contribution >= 4 is 5.82 Å². The molecule has 0 aromatic carbocycles. The third-order valence-corrected chi connectivity index (χ3v) is 2.73. The highest BCUT2D eigenvalue weighted by Gasteiger charge is 2.08. The summed E-state index contributed by atoms with van der Waals surface area (Å²) in [4.78, 5) is 6.35. The molecule has 2 rings (SSSR count). The lowest BCUT2D eigenvalue weighted by Crippen LogP contribution is -2.22. The van der Waals surface area contributed by atoms with Crippen molar-refractivity contribution in [2.24, 2.45) is 0 Å². The van der Waals surface area contributed by atoms with E-state index in [0.717, 1.165) is 31.0 Å². The minimum atomic E-state index is 0.602. The predicted molar refractivity (Wildman–Crippen MR) is 67.1 cm³/mol. The number of nitrogens with two attached hydrogens (primary N) is 1. The van der Waals surface area contributed by atoms with Gasteiger partial charge in [-0.2, -0.15) is 0 Å². The van der Waals surface area contributed by atoms with E-state index in [9.17, 15) is 0 Å². The normalized spacial score (nSPS) is 10.9. The first kappa shape index (κ1) is 11.7. The van der Waals surface area contributed by atoms with Crippen LogP contribution < -0.4 is 5.73 Å². The number of aromatic nitrogens is 1. The Morgan fingerprint density at radius 3 is 2.82 bits per heavy atom. The highest BCUT2D eigenvalue weighted by atomic mass is 16.3. The maximum atomic E-state index is 5.84. The van der Waals surface area contributed by atoms with Crippen LogP contribution in [0.2, 0.25) is 0 Å². The Bertz CT molecular complexity index is 453. The van der Waals surface area contributed by atoms with Crippen LogP contribution in [0, 0.1) is 0 Å². The molecule has 0 radical (unpaired) electrons. The van der Waals surface area contributed by atoms with E-state index in [-0.39, 0.29) is 0 Å². The molecule has 0 saturated heterocycles.